The lowest BCUT2D eigenvalue weighted by Gasteiger charge is -2.27. The second-order valence-corrected chi connectivity index (χ2v) is 13.6. The van der Waals surface area contributed by atoms with E-state index >= 15 is 0 Å². The van der Waals surface area contributed by atoms with Crippen molar-refractivity contribution in [1.82, 2.24) is 38.8 Å². The first kappa shape index (κ1) is 28.5. The lowest BCUT2D eigenvalue weighted by molar-refractivity contribution is 0.0700. The summed E-state index contributed by atoms with van der Waals surface area (Å²) in [5.41, 5.74) is 11.4. The van der Waals surface area contributed by atoms with Crippen LogP contribution in [0, 0.1) is 11.8 Å². The molecule has 0 radical (unpaired) electrons. The molecule has 1 aromatic carbocycles. The molecule has 3 fully saturated rings. The molecule has 3 atom stereocenters. The van der Waals surface area contributed by atoms with Crippen molar-refractivity contribution in [3.05, 3.63) is 83.4 Å². The predicted molar refractivity (Wildman–Crippen MR) is 179 cm³/mol. The third-order valence-corrected chi connectivity index (χ3v) is 10.4. The topological polar surface area (TPSA) is 122 Å². The molecular formula is C35H34ClN9O2. The van der Waals surface area contributed by atoms with Crippen LogP contribution >= 0.6 is 11.6 Å². The lowest BCUT2D eigenvalue weighted by Crippen LogP contribution is -2.41. The summed E-state index contributed by atoms with van der Waals surface area (Å²) >= 11 is 6.08. The zero-order valence-corrected chi connectivity index (χ0v) is 26.7. The Kier molecular flexibility index (Phi) is 6.62. The number of carbonyl (C=O) groups is 1. The van der Waals surface area contributed by atoms with E-state index < -0.39 is 0 Å². The van der Waals surface area contributed by atoms with Crippen molar-refractivity contribution >= 4 is 39.6 Å². The van der Waals surface area contributed by atoms with E-state index in [9.17, 15) is 4.79 Å². The van der Waals surface area contributed by atoms with Crippen LogP contribution in [0.1, 0.15) is 41.6 Å². The second-order valence-electron chi connectivity index (χ2n) is 13.1. The molecule has 2 saturated carbocycles. The molecule has 2 aliphatic carbocycles. The Morgan fingerprint density at radius 2 is 1.96 bits per heavy atom. The number of benzene rings is 1. The van der Waals surface area contributed by atoms with Gasteiger partial charge in [0, 0.05) is 60.3 Å². The molecule has 1 saturated heterocycles. The molecule has 1 aliphatic heterocycles. The fourth-order valence-electron chi connectivity index (χ4n) is 7.58. The predicted octanol–water partition coefficient (Wildman–Crippen LogP) is 5.32. The van der Waals surface area contributed by atoms with Crippen LogP contribution in [0.15, 0.2) is 67.3 Å². The smallest absolute Gasteiger partial charge is 0.254 e. The van der Waals surface area contributed by atoms with Gasteiger partial charge in [-0.05, 0) is 80.0 Å². The zero-order valence-electron chi connectivity index (χ0n) is 26.0. The first-order valence-electron chi connectivity index (χ1n) is 16.2. The number of aromatic nitrogens is 7. The number of nitrogens with zero attached hydrogens (tertiary/aromatic N) is 8. The van der Waals surface area contributed by atoms with Crippen molar-refractivity contribution in [2.45, 2.75) is 50.9 Å². The number of ether oxygens (including phenoxy) is 1. The summed E-state index contributed by atoms with van der Waals surface area (Å²) in [6.07, 6.45) is 11.7. The minimum absolute atomic E-state index is 0.0206. The minimum Gasteiger partial charge on any atom is -0.494 e. The minimum atomic E-state index is -0.0206. The summed E-state index contributed by atoms with van der Waals surface area (Å²) in [5, 5.41) is 6.23. The largest absolute Gasteiger partial charge is 0.494 e. The highest BCUT2D eigenvalue weighted by Gasteiger charge is 2.47. The fourth-order valence-corrected chi connectivity index (χ4v) is 7.69. The van der Waals surface area contributed by atoms with Crippen molar-refractivity contribution in [2.24, 2.45) is 17.6 Å². The van der Waals surface area contributed by atoms with Crippen LogP contribution in [0.25, 0.3) is 39.4 Å². The number of halogens is 1. The Labute approximate surface area is 275 Å². The number of rotatable bonds is 8. The molecule has 2 N–H and O–H groups in total. The molecule has 2 bridgehead atoms. The molecule has 1 amide bonds. The van der Waals surface area contributed by atoms with Crippen LogP contribution in [0.5, 0.6) is 5.75 Å². The number of piperidine rings is 1. The van der Waals surface area contributed by atoms with E-state index in [4.69, 9.17) is 32.0 Å². The molecule has 9 rings (SSSR count). The molecule has 2 unspecified atom stereocenters. The number of hydrogen-bond acceptors (Lipinski definition) is 7. The number of likely N-dealkylation sites (tertiary alicyclic amines) is 1. The molecule has 238 valence electrons. The molecule has 47 heavy (non-hydrogen) atoms. The maximum absolute atomic E-state index is 13.9. The Morgan fingerprint density at radius 3 is 2.70 bits per heavy atom. The summed E-state index contributed by atoms with van der Waals surface area (Å²) in [7, 11) is 1.64. The van der Waals surface area contributed by atoms with Gasteiger partial charge in [-0.25, -0.2) is 19.6 Å². The molecule has 6 aromatic rings. The Bertz CT molecular complexity index is 2160. The van der Waals surface area contributed by atoms with Gasteiger partial charge >= 0.3 is 0 Å². The summed E-state index contributed by atoms with van der Waals surface area (Å²) in [4.78, 5) is 30.4. The third-order valence-electron chi connectivity index (χ3n) is 10.1. The van der Waals surface area contributed by atoms with E-state index in [2.05, 4.69) is 31.3 Å². The highest BCUT2D eigenvalue weighted by atomic mass is 35.5. The highest BCUT2D eigenvalue weighted by Crippen LogP contribution is 2.40. The van der Waals surface area contributed by atoms with Crippen molar-refractivity contribution in [3.8, 4) is 23.1 Å². The van der Waals surface area contributed by atoms with Crippen molar-refractivity contribution < 1.29 is 9.53 Å². The van der Waals surface area contributed by atoms with E-state index in [0.717, 1.165) is 53.0 Å². The van der Waals surface area contributed by atoms with Gasteiger partial charge < -0.3 is 24.5 Å². The average Bonchev–Trinajstić information content (AvgIpc) is 3.39. The summed E-state index contributed by atoms with van der Waals surface area (Å²) in [6, 6.07) is 13.7. The number of pyridine rings is 2. The second kappa shape index (κ2) is 10.9. The molecule has 3 aliphatic rings. The van der Waals surface area contributed by atoms with E-state index in [1.807, 2.05) is 47.8 Å². The number of methoxy groups -OCH3 is 1. The van der Waals surface area contributed by atoms with Crippen LogP contribution in [0.3, 0.4) is 0 Å². The number of amides is 1. The van der Waals surface area contributed by atoms with Gasteiger partial charge in [0.2, 0.25) is 0 Å². The number of imidazole rings is 1. The van der Waals surface area contributed by atoms with E-state index in [1.165, 1.54) is 12.8 Å². The van der Waals surface area contributed by atoms with Gasteiger partial charge in [0.25, 0.3) is 5.91 Å². The molecular weight excluding hydrogens is 614 g/mol. The number of carbonyl (C=O) groups excluding carboxylic acids is 1. The van der Waals surface area contributed by atoms with E-state index in [-0.39, 0.29) is 18.0 Å². The summed E-state index contributed by atoms with van der Waals surface area (Å²) < 4.78 is 12.2. The third kappa shape index (κ3) is 4.79. The van der Waals surface area contributed by atoms with Crippen molar-refractivity contribution in [3.63, 3.8) is 0 Å². The van der Waals surface area contributed by atoms with Gasteiger partial charge in [-0.2, -0.15) is 5.10 Å². The quantitative estimate of drug-likeness (QED) is 0.237. The summed E-state index contributed by atoms with van der Waals surface area (Å²) in [5.74, 6) is 3.01. The van der Waals surface area contributed by atoms with E-state index in [1.54, 1.807) is 24.1 Å². The molecule has 0 spiro atoms. The normalized spacial score (nSPS) is 20.6. The van der Waals surface area contributed by atoms with Crippen molar-refractivity contribution in [1.29, 1.82) is 0 Å². The average molecular weight is 648 g/mol. The highest BCUT2D eigenvalue weighted by molar-refractivity contribution is 6.30. The van der Waals surface area contributed by atoms with Crippen LogP contribution in [-0.2, 0) is 13.1 Å². The van der Waals surface area contributed by atoms with Gasteiger partial charge in [0.1, 0.15) is 16.9 Å². The van der Waals surface area contributed by atoms with Crippen LogP contribution < -0.4 is 10.5 Å². The van der Waals surface area contributed by atoms with Crippen molar-refractivity contribution in [2.75, 3.05) is 13.7 Å². The van der Waals surface area contributed by atoms with Gasteiger partial charge in [-0.1, -0.05) is 11.6 Å². The van der Waals surface area contributed by atoms with Crippen LogP contribution in [0.4, 0.5) is 0 Å². The SMILES string of the molecule is COc1cc(C(=O)N2CC3CCC2[C@@H]3N)cc2nc(-c3cc4cccnc4n3CC3CC3)n(Cc3cnn(-c4ccc(Cl)cn4)c3)c12. The molecule has 11 nitrogen and oxygen atoms in total. The first-order chi connectivity index (χ1) is 22.9. The van der Waals surface area contributed by atoms with Gasteiger partial charge in [-0.3, -0.25) is 4.79 Å². The Balaban J connectivity index is 1.19. The monoisotopic (exact) mass is 647 g/mol. The van der Waals surface area contributed by atoms with Crippen LogP contribution in [0.2, 0.25) is 5.02 Å². The molecule has 6 heterocycles. The standard InChI is InChI=1S/C35H34ClN9O2/c1-47-29-13-24(35(46)43-19-23-6-8-27(43)31(23)37)11-26-32(29)44(17-21-14-40-45(18-21)30-9-7-25(36)15-39-30)34(41-26)28-12-22-3-2-10-38-33(22)42(28)16-20-4-5-20/h2-3,7,9-15,18,20,23,27,31H,4-6,8,16-17,19,37H2,1H3/t23?,27?,31-/m1/s1. The van der Waals surface area contributed by atoms with Gasteiger partial charge in [0.05, 0.1) is 36.1 Å². The zero-order chi connectivity index (χ0) is 31.8. The van der Waals surface area contributed by atoms with E-state index in [0.29, 0.717) is 52.6 Å². The first-order valence-corrected chi connectivity index (χ1v) is 16.6. The maximum atomic E-state index is 13.9. The molecule has 12 heteroatoms. The fraction of sp³-hybridized carbons (Fsp3) is 0.343. The number of fused-ring (bicyclic) bond motifs is 4. The maximum Gasteiger partial charge on any atom is 0.254 e. The van der Waals surface area contributed by atoms with Crippen LogP contribution in [-0.4, -0.2) is 70.4 Å². The van der Waals surface area contributed by atoms with Gasteiger partial charge in [-0.15, -0.1) is 0 Å². The van der Waals surface area contributed by atoms with Gasteiger partial charge in [0.15, 0.2) is 11.6 Å². The lowest BCUT2D eigenvalue weighted by atomic mass is 10.1. The number of nitrogens with two attached hydrogens (primary N) is 1. The Morgan fingerprint density at radius 1 is 1.06 bits per heavy atom. The summed E-state index contributed by atoms with van der Waals surface area (Å²) in [6.45, 7) is 2.04. The molecule has 5 aromatic heterocycles. The Hall–Kier alpha value is -4.74. The number of hydrogen-bond donors (Lipinski definition) is 1.